The van der Waals surface area contributed by atoms with Crippen LogP contribution in [0.25, 0.3) is 5.57 Å². The van der Waals surface area contributed by atoms with Gasteiger partial charge in [0, 0.05) is 51.6 Å². The molecule has 1 atom stereocenters. The van der Waals surface area contributed by atoms with E-state index in [2.05, 4.69) is 40.0 Å². The largest absolute Gasteiger partial charge is 0.490 e. The summed E-state index contributed by atoms with van der Waals surface area (Å²) in [4.78, 5) is 11.5. The van der Waals surface area contributed by atoms with Crippen molar-refractivity contribution in [2.45, 2.75) is 58.0 Å². The second-order valence-electron chi connectivity index (χ2n) is 10.4. The summed E-state index contributed by atoms with van der Waals surface area (Å²) in [5, 5.41) is 8.97. The average Bonchev–Trinajstić information content (AvgIpc) is 3.36. The van der Waals surface area contributed by atoms with Crippen molar-refractivity contribution in [3.8, 4) is 5.75 Å². The van der Waals surface area contributed by atoms with E-state index >= 15 is 0 Å². The molecule has 0 spiro atoms. The number of aliphatic hydroxyl groups is 1. The molecule has 0 radical (unpaired) electrons. The van der Waals surface area contributed by atoms with E-state index in [9.17, 15) is 8.42 Å². The lowest BCUT2D eigenvalue weighted by atomic mass is 9.88. The molecular formula is C28H38N4O4S. The molecule has 3 aliphatic heterocycles. The zero-order valence-electron chi connectivity index (χ0n) is 21.7. The van der Waals surface area contributed by atoms with Gasteiger partial charge in [-0.2, -0.15) is 4.31 Å². The van der Waals surface area contributed by atoms with Gasteiger partial charge in [-0.25, -0.2) is 18.4 Å². The first-order chi connectivity index (χ1) is 18.0. The Morgan fingerprint density at radius 3 is 2.59 bits per heavy atom. The highest BCUT2D eigenvalue weighted by molar-refractivity contribution is 7.89. The van der Waals surface area contributed by atoms with E-state index in [1.807, 2.05) is 18.5 Å². The molecule has 200 valence electrons. The van der Waals surface area contributed by atoms with Crippen LogP contribution in [0.2, 0.25) is 0 Å². The van der Waals surface area contributed by atoms with Crippen LogP contribution in [0.3, 0.4) is 0 Å². The molecule has 1 N–H and O–H groups in total. The third-order valence-corrected chi connectivity index (χ3v) is 9.76. The molecule has 37 heavy (non-hydrogen) atoms. The van der Waals surface area contributed by atoms with Crippen molar-refractivity contribution >= 4 is 21.5 Å². The second-order valence-corrected chi connectivity index (χ2v) is 12.5. The number of fused-ring (bicyclic) bond motifs is 1. The molecule has 2 aromatic rings. The van der Waals surface area contributed by atoms with Crippen LogP contribution in [-0.2, 0) is 22.9 Å². The van der Waals surface area contributed by atoms with Gasteiger partial charge < -0.3 is 14.7 Å². The van der Waals surface area contributed by atoms with Gasteiger partial charge in [-0.1, -0.05) is 25.5 Å². The second kappa shape index (κ2) is 11.5. The highest BCUT2D eigenvalue weighted by Crippen LogP contribution is 2.38. The number of ether oxygens (including phenoxy) is 1. The topological polar surface area (TPSA) is 95.9 Å². The molecule has 0 aliphatic carbocycles. The number of aromatic nitrogens is 2. The fraction of sp³-hybridized carbons (Fsp3) is 0.571. The van der Waals surface area contributed by atoms with Crippen molar-refractivity contribution < 1.29 is 18.3 Å². The monoisotopic (exact) mass is 526 g/mol. The minimum absolute atomic E-state index is 0.00142. The number of sulfonamides is 1. The summed E-state index contributed by atoms with van der Waals surface area (Å²) in [6, 6.07) is 6.42. The molecule has 4 heterocycles. The van der Waals surface area contributed by atoms with Gasteiger partial charge in [0.2, 0.25) is 16.0 Å². The van der Waals surface area contributed by atoms with E-state index < -0.39 is 10.0 Å². The summed E-state index contributed by atoms with van der Waals surface area (Å²) in [7, 11) is -3.31. The van der Waals surface area contributed by atoms with Crippen molar-refractivity contribution in [1.82, 2.24) is 14.3 Å². The van der Waals surface area contributed by atoms with E-state index in [0.717, 1.165) is 62.5 Å². The number of benzene rings is 1. The summed E-state index contributed by atoms with van der Waals surface area (Å²) in [5.41, 5.74) is 4.80. The molecule has 9 heteroatoms. The standard InChI is InChI=1S/C28H38N4O4S/c1-2-4-21-19-29-28(30-20-21)31-11-7-23(8-12-31)27-18-25-17-24(5-6-26(25)36-27)22-9-13-32(14-10-22)37(34,35)16-3-15-33/h5-6,9,17,19-20,23,27,33H,2-4,7-8,10-16,18H2,1H3. The molecule has 8 nitrogen and oxygen atoms in total. The predicted octanol–water partition coefficient (Wildman–Crippen LogP) is 3.45. The summed E-state index contributed by atoms with van der Waals surface area (Å²) in [6.45, 7) is 4.84. The lowest BCUT2D eigenvalue weighted by Gasteiger charge is -2.34. The number of rotatable bonds is 9. The fourth-order valence-corrected chi connectivity index (χ4v) is 7.10. The maximum atomic E-state index is 12.4. The first-order valence-corrected chi connectivity index (χ1v) is 15.2. The van der Waals surface area contributed by atoms with Crippen LogP contribution in [0.4, 0.5) is 5.95 Å². The molecule has 0 bridgehead atoms. The Morgan fingerprint density at radius 2 is 1.92 bits per heavy atom. The first-order valence-electron chi connectivity index (χ1n) is 13.6. The summed E-state index contributed by atoms with van der Waals surface area (Å²) in [5.74, 6) is 2.33. The Balaban J connectivity index is 1.16. The Bertz CT molecular complexity index is 1210. The smallest absolute Gasteiger partial charge is 0.225 e. The van der Waals surface area contributed by atoms with Crippen molar-refractivity contribution in [1.29, 1.82) is 0 Å². The third kappa shape index (κ3) is 5.99. The van der Waals surface area contributed by atoms with Crippen molar-refractivity contribution in [2.75, 3.05) is 43.4 Å². The number of hydrogen-bond donors (Lipinski definition) is 1. The van der Waals surface area contributed by atoms with Crippen molar-refractivity contribution in [2.24, 2.45) is 5.92 Å². The zero-order chi connectivity index (χ0) is 25.8. The molecule has 0 amide bonds. The normalized spacial score (nSPS) is 21.0. The first kappa shape index (κ1) is 26.1. The van der Waals surface area contributed by atoms with Crippen molar-refractivity contribution in [3.05, 3.63) is 53.4 Å². The number of anilines is 1. The summed E-state index contributed by atoms with van der Waals surface area (Å²) >= 11 is 0. The molecule has 3 aliphatic rings. The van der Waals surface area contributed by atoms with E-state index in [4.69, 9.17) is 9.84 Å². The number of aliphatic hydroxyl groups excluding tert-OH is 1. The predicted molar refractivity (Wildman–Crippen MR) is 145 cm³/mol. The van der Waals surface area contributed by atoms with Gasteiger partial charge in [-0.05, 0) is 72.4 Å². The molecule has 0 saturated carbocycles. The van der Waals surface area contributed by atoms with Gasteiger partial charge in [-0.15, -0.1) is 0 Å². The molecule has 1 unspecified atom stereocenters. The molecule has 1 aromatic heterocycles. The van der Waals surface area contributed by atoms with Gasteiger partial charge in [-0.3, -0.25) is 0 Å². The van der Waals surface area contributed by atoms with Crippen LogP contribution in [0, 0.1) is 5.92 Å². The highest BCUT2D eigenvalue weighted by Gasteiger charge is 2.34. The van der Waals surface area contributed by atoms with Gasteiger partial charge in [0.05, 0.1) is 5.75 Å². The Morgan fingerprint density at radius 1 is 1.14 bits per heavy atom. The minimum atomic E-state index is -3.31. The van der Waals surface area contributed by atoms with E-state index in [1.165, 1.54) is 21.0 Å². The van der Waals surface area contributed by atoms with Crippen LogP contribution in [0.1, 0.15) is 55.7 Å². The fourth-order valence-electron chi connectivity index (χ4n) is 5.68. The Labute approximate surface area is 220 Å². The molecule has 1 aromatic carbocycles. The summed E-state index contributed by atoms with van der Waals surface area (Å²) in [6.07, 6.45) is 12.3. The average molecular weight is 527 g/mol. The summed E-state index contributed by atoms with van der Waals surface area (Å²) < 4.78 is 32.8. The SMILES string of the molecule is CCCc1cnc(N2CCC(C3Cc4cc(C5=CCN(S(=O)(=O)CCCO)CC5)ccc4O3)CC2)nc1. The van der Waals surface area contributed by atoms with Crippen LogP contribution in [-0.4, -0.2) is 72.4 Å². The molecule has 5 rings (SSSR count). The molecule has 1 fully saturated rings. The highest BCUT2D eigenvalue weighted by atomic mass is 32.2. The maximum absolute atomic E-state index is 12.4. The lowest BCUT2D eigenvalue weighted by Crippen LogP contribution is -2.40. The van der Waals surface area contributed by atoms with Gasteiger partial charge in [0.1, 0.15) is 11.9 Å². The molecule has 1 saturated heterocycles. The number of aryl methyl sites for hydroxylation is 1. The van der Waals surface area contributed by atoms with E-state index in [-0.39, 0.29) is 24.9 Å². The zero-order valence-corrected chi connectivity index (χ0v) is 22.5. The van der Waals surface area contributed by atoms with Gasteiger partial charge >= 0.3 is 0 Å². The van der Waals surface area contributed by atoms with E-state index in [0.29, 0.717) is 25.4 Å². The lowest BCUT2D eigenvalue weighted by molar-refractivity contribution is 0.138. The number of nitrogens with zero attached hydrogens (tertiary/aromatic N) is 4. The van der Waals surface area contributed by atoms with Gasteiger partial charge in [0.25, 0.3) is 0 Å². The van der Waals surface area contributed by atoms with E-state index in [1.54, 1.807) is 0 Å². The maximum Gasteiger partial charge on any atom is 0.225 e. The Hall–Kier alpha value is -2.49. The van der Waals surface area contributed by atoms with Crippen LogP contribution >= 0.6 is 0 Å². The molecular weight excluding hydrogens is 488 g/mol. The van der Waals surface area contributed by atoms with Crippen LogP contribution in [0.5, 0.6) is 5.75 Å². The van der Waals surface area contributed by atoms with Crippen LogP contribution < -0.4 is 9.64 Å². The Kier molecular flexibility index (Phi) is 8.12. The quantitative estimate of drug-likeness (QED) is 0.535. The van der Waals surface area contributed by atoms with Gasteiger partial charge in [0.15, 0.2) is 0 Å². The van der Waals surface area contributed by atoms with Crippen molar-refractivity contribution in [3.63, 3.8) is 0 Å². The van der Waals surface area contributed by atoms with Crippen LogP contribution in [0.15, 0.2) is 36.7 Å². The minimum Gasteiger partial charge on any atom is -0.490 e. The number of hydrogen-bond acceptors (Lipinski definition) is 7. The number of piperidine rings is 1. The third-order valence-electron chi connectivity index (χ3n) is 7.83.